The number of hydrogen-bond acceptors (Lipinski definition) is 4. The van der Waals surface area contributed by atoms with Gasteiger partial charge in [0.1, 0.15) is 6.10 Å². The molecule has 4 nitrogen and oxygen atoms in total. The number of rotatable bonds is 5. The zero-order valence-corrected chi connectivity index (χ0v) is 13.8. The molecule has 0 aromatic heterocycles. The Morgan fingerprint density at radius 3 is 1.95 bits per heavy atom. The molecule has 0 unspecified atom stereocenters. The van der Waals surface area contributed by atoms with E-state index in [0.29, 0.717) is 6.61 Å². The minimum absolute atomic E-state index is 0.0534. The lowest BCUT2D eigenvalue weighted by atomic mass is 9.78. The Hall–Kier alpha value is -0.875. The lowest BCUT2D eigenvalue weighted by Gasteiger charge is -2.32. The van der Waals surface area contributed by atoms with Crippen LogP contribution < -0.4 is 5.46 Å². The van der Waals surface area contributed by atoms with Crippen molar-refractivity contribution >= 4 is 12.6 Å². The van der Waals surface area contributed by atoms with Gasteiger partial charge in [0.2, 0.25) is 0 Å². The maximum absolute atomic E-state index is 6.05. The molecule has 0 N–H and O–H groups in total. The molecular formula is C16H25BO4. The van der Waals surface area contributed by atoms with E-state index in [1.165, 1.54) is 0 Å². The van der Waals surface area contributed by atoms with Crippen molar-refractivity contribution in [3.8, 4) is 0 Å². The summed E-state index contributed by atoms with van der Waals surface area (Å²) in [7, 11) is 3.03. The summed E-state index contributed by atoms with van der Waals surface area (Å²) < 4.78 is 22.7. The molecule has 1 aromatic carbocycles. The number of hydrogen-bond donors (Lipinski definition) is 0. The SMILES string of the molecule is COC[C@@H](OC)c1ccc(B2OC(C)(C)C(C)(C)O2)cc1. The summed E-state index contributed by atoms with van der Waals surface area (Å²) in [5.74, 6) is 0. The van der Waals surface area contributed by atoms with E-state index >= 15 is 0 Å². The Bertz CT molecular complexity index is 454. The molecule has 0 saturated carbocycles. The van der Waals surface area contributed by atoms with Crippen molar-refractivity contribution in [2.24, 2.45) is 0 Å². The third-order valence-corrected chi connectivity index (χ3v) is 4.44. The lowest BCUT2D eigenvalue weighted by Crippen LogP contribution is -2.41. The predicted molar refractivity (Wildman–Crippen MR) is 83.8 cm³/mol. The molecule has 21 heavy (non-hydrogen) atoms. The normalized spacial score (nSPS) is 21.5. The number of benzene rings is 1. The quantitative estimate of drug-likeness (QED) is 0.780. The molecule has 1 saturated heterocycles. The highest BCUT2D eigenvalue weighted by atomic mass is 16.7. The van der Waals surface area contributed by atoms with Gasteiger partial charge in [0.25, 0.3) is 0 Å². The standard InChI is InChI=1S/C16H25BO4/c1-15(2)16(3,4)21-17(20-15)13-9-7-12(8-10-13)14(19-6)11-18-5/h7-10,14H,11H2,1-6H3/t14-/m1/s1. The van der Waals surface area contributed by atoms with Crippen molar-refractivity contribution in [3.05, 3.63) is 29.8 Å². The molecule has 2 rings (SSSR count). The second kappa shape index (κ2) is 6.09. The van der Waals surface area contributed by atoms with E-state index in [1.807, 2.05) is 24.3 Å². The highest BCUT2D eigenvalue weighted by Crippen LogP contribution is 2.36. The van der Waals surface area contributed by atoms with E-state index in [0.717, 1.165) is 11.0 Å². The molecule has 1 fully saturated rings. The van der Waals surface area contributed by atoms with Crippen LogP contribution in [-0.2, 0) is 18.8 Å². The maximum atomic E-state index is 6.05. The highest BCUT2D eigenvalue weighted by Gasteiger charge is 2.51. The van der Waals surface area contributed by atoms with Crippen molar-refractivity contribution < 1.29 is 18.8 Å². The molecule has 1 aliphatic heterocycles. The molecule has 1 heterocycles. The Labute approximate surface area is 127 Å². The molecule has 0 amide bonds. The van der Waals surface area contributed by atoms with Crippen LogP contribution in [-0.4, -0.2) is 39.1 Å². The summed E-state index contributed by atoms with van der Waals surface area (Å²) >= 11 is 0. The first-order chi connectivity index (χ1) is 9.80. The van der Waals surface area contributed by atoms with Gasteiger partial charge < -0.3 is 18.8 Å². The Morgan fingerprint density at radius 2 is 1.52 bits per heavy atom. The predicted octanol–water partition coefficient (Wildman–Crippen LogP) is 2.32. The fraction of sp³-hybridized carbons (Fsp3) is 0.625. The molecule has 1 aliphatic rings. The molecule has 0 aliphatic carbocycles. The Balaban J connectivity index is 2.13. The van der Waals surface area contributed by atoms with E-state index < -0.39 is 0 Å². The van der Waals surface area contributed by atoms with Gasteiger partial charge in [0.05, 0.1) is 17.8 Å². The van der Waals surface area contributed by atoms with Crippen LogP contribution in [0, 0.1) is 0 Å². The van der Waals surface area contributed by atoms with Gasteiger partial charge in [-0.2, -0.15) is 0 Å². The van der Waals surface area contributed by atoms with Crippen LogP contribution in [0.2, 0.25) is 0 Å². The average Bonchev–Trinajstić information content (AvgIpc) is 2.65. The van der Waals surface area contributed by atoms with E-state index in [-0.39, 0.29) is 24.4 Å². The lowest BCUT2D eigenvalue weighted by molar-refractivity contribution is 0.00578. The van der Waals surface area contributed by atoms with Gasteiger partial charge in [0.15, 0.2) is 0 Å². The van der Waals surface area contributed by atoms with E-state index in [2.05, 4.69) is 27.7 Å². The van der Waals surface area contributed by atoms with Crippen molar-refractivity contribution in [3.63, 3.8) is 0 Å². The molecule has 1 aromatic rings. The molecule has 116 valence electrons. The van der Waals surface area contributed by atoms with Gasteiger partial charge in [-0.05, 0) is 38.7 Å². The summed E-state index contributed by atoms with van der Waals surface area (Å²) in [6.07, 6.45) is -0.0534. The van der Waals surface area contributed by atoms with Gasteiger partial charge in [0, 0.05) is 14.2 Å². The van der Waals surface area contributed by atoms with E-state index in [1.54, 1.807) is 14.2 Å². The smallest absolute Gasteiger partial charge is 0.399 e. The summed E-state index contributed by atoms with van der Waals surface area (Å²) in [6.45, 7) is 8.76. The fourth-order valence-corrected chi connectivity index (χ4v) is 2.30. The first-order valence-electron chi connectivity index (χ1n) is 7.28. The zero-order valence-electron chi connectivity index (χ0n) is 13.8. The van der Waals surface area contributed by atoms with E-state index in [9.17, 15) is 0 Å². The molecule has 0 bridgehead atoms. The number of methoxy groups -OCH3 is 2. The van der Waals surface area contributed by atoms with Gasteiger partial charge in [-0.25, -0.2) is 0 Å². The van der Waals surface area contributed by atoms with E-state index in [4.69, 9.17) is 18.8 Å². The zero-order chi connectivity index (χ0) is 15.7. The molecule has 0 radical (unpaired) electrons. The average molecular weight is 292 g/mol. The van der Waals surface area contributed by atoms with Gasteiger partial charge in [-0.15, -0.1) is 0 Å². The minimum Gasteiger partial charge on any atom is -0.399 e. The summed E-state index contributed by atoms with van der Waals surface area (Å²) in [4.78, 5) is 0. The topological polar surface area (TPSA) is 36.9 Å². The second-order valence-electron chi connectivity index (χ2n) is 6.43. The van der Waals surface area contributed by atoms with Crippen LogP contribution in [0.15, 0.2) is 24.3 Å². The molecule has 1 atom stereocenters. The first-order valence-corrected chi connectivity index (χ1v) is 7.28. The highest BCUT2D eigenvalue weighted by molar-refractivity contribution is 6.62. The molecule has 0 spiro atoms. The maximum Gasteiger partial charge on any atom is 0.494 e. The summed E-state index contributed by atoms with van der Waals surface area (Å²) in [5, 5.41) is 0. The fourth-order valence-electron chi connectivity index (χ4n) is 2.30. The molecular weight excluding hydrogens is 267 g/mol. The van der Waals surface area contributed by atoms with Crippen molar-refractivity contribution in [1.82, 2.24) is 0 Å². The first kappa shape index (κ1) is 16.5. The van der Waals surface area contributed by atoms with Crippen molar-refractivity contribution in [2.45, 2.75) is 45.0 Å². The number of ether oxygens (including phenoxy) is 2. The largest absolute Gasteiger partial charge is 0.494 e. The minimum atomic E-state index is -0.326. The third kappa shape index (κ3) is 3.32. The van der Waals surface area contributed by atoms with Crippen molar-refractivity contribution in [2.75, 3.05) is 20.8 Å². The monoisotopic (exact) mass is 292 g/mol. The van der Waals surface area contributed by atoms with Crippen LogP contribution in [0.1, 0.15) is 39.4 Å². The Kier molecular flexibility index (Phi) is 4.78. The van der Waals surface area contributed by atoms with Crippen LogP contribution >= 0.6 is 0 Å². The van der Waals surface area contributed by atoms with Gasteiger partial charge in [-0.3, -0.25) is 0 Å². The van der Waals surface area contributed by atoms with Gasteiger partial charge >= 0.3 is 7.12 Å². The van der Waals surface area contributed by atoms with Crippen LogP contribution in [0.25, 0.3) is 0 Å². The van der Waals surface area contributed by atoms with Crippen molar-refractivity contribution in [1.29, 1.82) is 0 Å². The van der Waals surface area contributed by atoms with Crippen LogP contribution in [0.4, 0.5) is 0 Å². The van der Waals surface area contributed by atoms with Crippen LogP contribution in [0.3, 0.4) is 0 Å². The summed E-state index contributed by atoms with van der Waals surface area (Å²) in [6, 6.07) is 8.12. The third-order valence-electron chi connectivity index (χ3n) is 4.44. The Morgan fingerprint density at radius 1 is 1.00 bits per heavy atom. The molecule has 5 heteroatoms. The van der Waals surface area contributed by atoms with Crippen LogP contribution in [0.5, 0.6) is 0 Å². The second-order valence-corrected chi connectivity index (χ2v) is 6.43. The van der Waals surface area contributed by atoms with Gasteiger partial charge in [-0.1, -0.05) is 24.3 Å². The summed E-state index contributed by atoms with van der Waals surface area (Å²) in [5.41, 5.74) is 1.47.